The lowest BCUT2D eigenvalue weighted by Crippen LogP contribution is -1.75. The fourth-order valence-corrected chi connectivity index (χ4v) is 0.992. The van der Waals surface area contributed by atoms with Crippen molar-refractivity contribution in [3.63, 3.8) is 0 Å². The zero-order valence-corrected chi connectivity index (χ0v) is 4.43. The summed E-state index contributed by atoms with van der Waals surface area (Å²) in [7, 11) is -1.40. The van der Waals surface area contributed by atoms with Crippen molar-refractivity contribution in [3.05, 3.63) is 12.2 Å². The predicted molar refractivity (Wildman–Crippen MR) is 29.3 cm³/mol. The molecule has 1 heterocycles. The summed E-state index contributed by atoms with van der Waals surface area (Å²) >= 11 is 0. The van der Waals surface area contributed by atoms with Crippen molar-refractivity contribution >= 4 is 19.1 Å². The van der Waals surface area contributed by atoms with E-state index in [1.807, 2.05) is 0 Å². The van der Waals surface area contributed by atoms with Crippen molar-refractivity contribution in [3.8, 4) is 0 Å². The van der Waals surface area contributed by atoms with Gasteiger partial charge in [-0.3, -0.25) is 0 Å². The van der Waals surface area contributed by atoms with Gasteiger partial charge in [0, 0.05) is 6.08 Å². The Bertz CT molecular complexity index is 157. The van der Waals surface area contributed by atoms with Gasteiger partial charge in [-0.2, -0.15) is 4.89 Å². The van der Waals surface area contributed by atoms with Crippen molar-refractivity contribution in [2.75, 3.05) is 0 Å². The molecule has 1 N–H and O–H groups in total. The van der Waals surface area contributed by atoms with Gasteiger partial charge in [-0.15, -0.1) is 0 Å². The van der Waals surface area contributed by atoms with Gasteiger partial charge in [-0.05, 0) is 6.08 Å². The quantitative estimate of drug-likeness (QED) is 0.460. The first kappa shape index (κ1) is 4.69. The molecular weight excluding hydrogens is 111 g/mol. The molecule has 1 atom stereocenters. The molecule has 0 fully saturated rings. The first-order valence-electron chi connectivity index (χ1n) is 1.84. The normalized spacial score (nSPS) is 23.0. The molecule has 1 aliphatic heterocycles. The number of hydrogen-bond acceptors (Lipinski definition) is 2. The van der Waals surface area contributed by atoms with E-state index in [9.17, 15) is 4.79 Å². The second-order valence-corrected chi connectivity index (χ2v) is 2.62. The molecule has 2 nitrogen and oxygen atoms in total. The molecule has 1 unspecified atom stereocenters. The van der Waals surface area contributed by atoms with Crippen LogP contribution in [0.25, 0.3) is 0 Å². The predicted octanol–water partition coefficient (Wildman–Crippen LogP) is 0.274. The lowest BCUT2D eigenvalue weighted by Gasteiger charge is -1.62. The van der Waals surface area contributed by atoms with Crippen molar-refractivity contribution in [1.82, 2.24) is 0 Å². The smallest absolute Gasteiger partial charge is 0.236 e. The Hall–Kier alpha value is -0.460. The minimum Gasteiger partial charge on any atom is -0.236 e. The highest BCUT2D eigenvalue weighted by molar-refractivity contribution is 7.70. The van der Waals surface area contributed by atoms with E-state index >= 15 is 0 Å². The van der Waals surface area contributed by atoms with E-state index in [0.717, 1.165) is 0 Å². The molecule has 36 valence electrons. The molecule has 3 heteroatoms. The van der Waals surface area contributed by atoms with E-state index in [-0.39, 0.29) is 5.52 Å². The molecule has 7 heavy (non-hydrogen) atoms. The highest BCUT2D eigenvalue weighted by atomic mass is 31.1. The van der Waals surface area contributed by atoms with E-state index in [2.05, 4.69) is 0 Å². The van der Waals surface area contributed by atoms with Crippen LogP contribution in [-0.2, 0) is 4.79 Å². The van der Waals surface area contributed by atoms with Gasteiger partial charge in [0.05, 0.1) is 0 Å². The molecule has 0 amide bonds. The Morgan fingerprint density at radius 1 is 1.71 bits per heavy atom. The van der Waals surface area contributed by atoms with Crippen molar-refractivity contribution in [2.45, 2.75) is 0 Å². The molecule has 0 bridgehead atoms. The van der Waals surface area contributed by atoms with Gasteiger partial charge in [0.15, 0.2) is 0 Å². The van der Waals surface area contributed by atoms with Crippen LogP contribution in [0.15, 0.2) is 12.2 Å². The topological polar surface area (TPSA) is 37.3 Å². The van der Waals surface area contributed by atoms with Crippen LogP contribution in [0, 0.1) is 0 Å². The fourth-order valence-electron chi connectivity index (χ4n) is 0.357. The van der Waals surface area contributed by atoms with Crippen LogP contribution in [0.4, 0.5) is 0 Å². The molecule has 0 aromatic carbocycles. The summed E-state index contributed by atoms with van der Waals surface area (Å²) in [6, 6.07) is 0. The molecule has 0 aromatic rings. The van der Waals surface area contributed by atoms with E-state index in [1.165, 1.54) is 11.9 Å². The minimum atomic E-state index is -1.40. The summed E-state index contributed by atoms with van der Waals surface area (Å²) in [6.07, 6.45) is 2.96. The number of rotatable bonds is 0. The first-order chi connectivity index (χ1) is 3.30. The zero-order chi connectivity index (χ0) is 5.28. The summed E-state index contributed by atoms with van der Waals surface area (Å²) in [5.74, 6) is 1.51. The van der Waals surface area contributed by atoms with Crippen LogP contribution in [-0.4, -0.2) is 16.2 Å². The average Bonchev–Trinajstić information content (AvgIpc) is 1.91. The third-order valence-electron chi connectivity index (χ3n) is 0.692. The highest BCUT2D eigenvalue weighted by Gasteiger charge is 2.19. The standard InChI is InChI=1S/C4H3O2P/c5-4-2-1-3-7(4)6/h1-3H/p+1. The largest absolute Gasteiger partial charge is 0.378 e. The molecule has 0 spiro atoms. The van der Waals surface area contributed by atoms with Crippen LogP contribution in [0.2, 0.25) is 0 Å². The van der Waals surface area contributed by atoms with Gasteiger partial charge in [-0.25, -0.2) is 4.79 Å². The van der Waals surface area contributed by atoms with Crippen LogP contribution < -0.4 is 0 Å². The van der Waals surface area contributed by atoms with Gasteiger partial charge in [0.1, 0.15) is 5.80 Å². The maximum Gasteiger partial charge on any atom is 0.378 e. The Balaban J connectivity index is 2.89. The summed E-state index contributed by atoms with van der Waals surface area (Å²) in [4.78, 5) is 18.8. The lowest BCUT2D eigenvalue weighted by molar-refractivity contribution is -0.107. The third-order valence-corrected chi connectivity index (χ3v) is 1.75. The minimum absolute atomic E-state index is 0.157. The van der Waals surface area contributed by atoms with E-state index in [1.54, 1.807) is 6.08 Å². The number of hydrogen-bond donors (Lipinski definition) is 1. The number of carbonyl (C=O) groups is 1. The van der Waals surface area contributed by atoms with Crippen LogP contribution in [0.5, 0.6) is 0 Å². The SMILES string of the molecule is O=C1C=CC=[P+]1O. The Labute approximate surface area is 41.9 Å². The van der Waals surface area contributed by atoms with Gasteiger partial charge in [-0.1, -0.05) is 0 Å². The molecular formula is C4H4O2P+. The Morgan fingerprint density at radius 3 is 2.57 bits per heavy atom. The van der Waals surface area contributed by atoms with Crippen LogP contribution in [0.3, 0.4) is 0 Å². The van der Waals surface area contributed by atoms with Gasteiger partial charge < -0.3 is 0 Å². The monoisotopic (exact) mass is 115 g/mol. The third kappa shape index (κ3) is 0.763. The summed E-state index contributed by atoms with van der Waals surface area (Å²) in [6.45, 7) is 0. The molecule has 0 aliphatic carbocycles. The van der Waals surface area contributed by atoms with Crippen molar-refractivity contribution in [1.29, 1.82) is 0 Å². The van der Waals surface area contributed by atoms with Crippen LogP contribution in [0.1, 0.15) is 0 Å². The fraction of sp³-hybridized carbons (Fsp3) is 0. The molecule has 0 aromatic heterocycles. The zero-order valence-electron chi connectivity index (χ0n) is 3.53. The first-order valence-corrected chi connectivity index (χ1v) is 3.20. The van der Waals surface area contributed by atoms with Gasteiger partial charge in [0.2, 0.25) is 0 Å². The lowest BCUT2D eigenvalue weighted by atomic mass is 10.6. The van der Waals surface area contributed by atoms with E-state index < -0.39 is 7.77 Å². The molecule has 0 radical (unpaired) electrons. The van der Waals surface area contributed by atoms with Crippen molar-refractivity contribution < 1.29 is 9.69 Å². The summed E-state index contributed by atoms with van der Waals surface area (Å²) in [5, 5.41) is 0. The molecule has 0 saturated heterocycles. The second kappa shape index (κ2) is 1.57. The maximum atomic E-state index is 10.2. The average molecular weight is 115 g/mol. The molecule has 0 saturated carbocycles. The number of allylic oxidation sites excluding steroid dienone is 2. The van der Waals surface area contributed by atoms with E-state index in [0.29, 0.717) is 0 Å². The van der Waals surface area contributed by atoms with Crippen molar-refractivity contribution in [2.24, 2.45) is 0 Å². The van der Waals surface area contributed by atoms with Gasteiger partial charge >= 0.3 is 13.3 Å². The highest BCUT2D eigenvalue weighted by Crippen LogP contribution is 2.20. The Kier molecular flexibility index (Phi) is 1.05. The summed E-state index contributed by atoms with van der Waals surface area (Å²) in [5.41, 5.74) is -0.157. The maximum absolute atomic E-state index is 10.2. The van der Waals surface area contributed by atoms with E-state index in [4.69, 9.17) is 4.89 Å². The Morgan fingerprint density at radius 2 is 2.43 bits per heavy atom. The summed E-state index contributed by atoms with van der Waals surface area (Å²) < 4.78 is 0. The number of carbonyl (C=O) groups excluding carboxylic acids is 1. The van der Waals surface area contributed by atoms with Crippen LogP contribution >= 0.6 is 7.77 Å². The second-order valence-electron chi connectivity index (χ2n) is 1.19. The van der Waals surface area contributed by atoms with Gasteiger partial charge in [0.25, 0.3) is 0 Å². The molecule has 1 aliphatic rings. The molecule has 1 rings (SSSR count).